The van der Waals surface area contributed by atoms with E-state index < -0.39 is 0 Å². The first kappa shape index (κ1) is 38.8. The molecular weight excluding hydrogens is 852 g/mol. The van der Waals surface area contributed by atoms with Crippen molar-refractivity contribution in [1.82, 2.24) is 9.97 Å². The van der Waals surface area contributed by atoms with Crippen LogP contribution in [0, 0.1) is 0 Å². The van der Waals surface area contributed by atoms with Crippen molar-refractivity contribution < 1.29 is 0 Å². The Morgan fingerprint density at radius 2 is 0.723 bits per heavy atom. The van der Waals surface area contributed by atoms with E-state index in [1.807, 2.05) is 35.6 Å². The number of aromatic nitrogens is 2. The molecule has 2 heterocycles. The molecule has 0 atom stereocenters. The number of fused-ring (bicyclic) bond motifs is 13. The summed E-state index contributed by atoms with van der Waals surface area (Å²) in [5.74, 6) is 0. The van der Waals surface area contributed by atoms with Crippen molar-refractivity contribution in [3.05, 3.63) is 202 Å². The number of halogens is 2. The molecule has 0 fully saturated rings. The van der Waals surface area contributed by atoms with Crippen molar-refractivity contribution in [2.45, 2.75) is 38.5 Å². The summed E-state index contributed by atoms with van der Waals surface area (Å²) in [7, 11) is 0. The summed E-state index contributed by atoms with van der Waals surface area (Å²) < 4.78 is 0. The van der Waals surface area contributed by atoms with Gasteiger partial charge in [0.25, 0.3) is 0 Å². The lowest BCUT2D eigenvalue weighted by Gasteiger charge is -2.21. The van der Waals surface area contributed by atoms with Gasteiger partial charge < -0.3 is 0 Å². The highest BCUT2D eigenvalue weighted by Crippen LogP contribution is 2.58. The Labute approximate surface area is 391 Å². The molecule has 0 saturated carbocycles. The molecule has 0 bridgehead atoms. The third-order valence-corrected chi connectivity index (χ3v) is 16.2. The summed E-state index contributed by atoms with van der Waals surface area (Å²) in [5.41, 5.74) is 20.7. The van der Waals surface area contributed by atoms with E-state index in [0.717, 1.165) is 75.6 Å². The van der Waals surface area contributed by atoms with Crippen LogP contribution in [0.5, 0.6) is 0 Å². The Hall–Kier alpha value is -6.62. The van der Waals surface area contributed by atoms with Gasteiger partial charge in [-0.25, -0.2) is 9.97 Å². The molecule has 9 aromatic carbocycles. The molecule has 2 aliphatic rings. The highest BCUT2D eigenvalue weighted by Gasteiger charge is 2.39. The highest BCUT2D eigenvalue weighted by molar-refractivity contribution is 7.21. The largest absolute Gasteiger partial charge is 0.242 e. The van der Waals surface area contributed by atoms with Crippen molar-refractivity contribution in [3.63, 3.8) is 0 Å². The molecule has 0 aliphatic heterocycles. The second-order valence-electron chi connectivity index (χ2n) is 18.7. The predicted molar refractivity (Wildman–Crippen MR) is 277 cm³/mol. The second kappa shape index (κ2) is 13.9. The Morgan fingerprint density at radius 1 is 0.354 bits per heavy atom. The molecule has 0 saturated heterocycles. The number of benzene rings is 9. The molecule has 2 aromatic heterocycles. The first-order valence-corrected chi connectivity index (χ1v) is 23.8. The fraction of sp³-hybridized carbons (Fsp3) is 0.100. The molecule has 310 valence electrons. The molecule has 2 nitrogen and oxygen atoms in total. The number of hydrogen-bond donors (Lipinski definition) is 0. The van der Waals surface area contributed by atoms with Gasteiger partial charge in [0.15, 0.2) is 0 Å². The predicted octanol–water partition coefficient (Wildman–Crippen LogP) is 17.7. The van der Waals surface area contributed by atoms with E-state index in [1.165, 1.54) is 55.6 Å². The van der Waals surface area contributed by atoms with Gasteiger partial charge in [0.2, 0.25) is 0 Å². The van der Waals surface area contributed by atoms with Gasteiger partial charge in [0.05, 0.1) is 20.8 Å². The molecule has 5 heteroatoms. The minimum absolute atomic E-state index is 0.145. The van der Waals surface area contributed by atoms with E-state index >= 15 is 0 Å². The maximum atomic E-state index is 6.38. The number of thiophene rings is 1. The summed E-state index contributed by atoms with van der Waals surface area (Å²) >= 11 is 14.6. The Bertz CT molecular complexity index is 3590. The molecule has 0 radical (unpaired) electrons. The van der Waals surface area contributed by atoms with Gasteiger partial charge in [-0.3, -0.25) is 0 Å². The van der Waals surface area contributed by atoms with Crippen LogP contribution in [0.1, 0.15) is 49.9 Å². The summed E-state index contributed by atoms with van der Waals surface area (Å²) in [6.45, 7) is 9.42. The van der Waals surface area contributed by atoms with Gasteiger partial charge in [-0.15, -0.1) is 11.3 Å². The minimum Gasteiger partial charge on any atom is -0.242 e. The Kier molecular flexibility index (Phi) is 8.32. The quantitative estimate of drug-likeness (QED) is 0.165. The van der Waals surface area contributed by atoms with E-state index in [4.69, 9.17) is 33.2 Å². The molecule has 11 aromatic rings. The summed E-state index contributed by atoms with van der Waals surface area (Å²) in [6.07, 6.45) is 0. The van der Waals surface area contributed by atoms with Crippen LogP contribution in [-0.2, 0) is 10.8 Å². The topological polar surface area (TPSA) is 25.8 Å². The zero-order valence-electron chi connectivity index (χ0n) is 36.2. The van der Waals surface area contributed by atoms with Crippen molar-refractivity contribution in [1.29, 1.82) is 0 Å². The Morgan fingerprint density at radius 3 is 1.15 bits per heavy atom. The number of rotatable bonds is 4. The van der Waals surface area contributed by atoms with Crippen LogP contribution in [0.2, 0.25) is 10.0 Å². The van der Waals surface area contributed by atoms with E-state index in [0.29, 0.717) is 10.0 Å². The molecule has 0 unspecified atom stereocenters. The second-order valence-corrected chi connectivity index (χ2v) is 20.6. The van der Waals surface area contributed by atoms with Crippen molar-refractivity contribution in [2.75, 3.05) is 0 Å². The van der Waals surface area contributed by atoms with E-state index in [9.17, 15) is 0 Å². The van der Waals surface area contributed by atoms with E-state index in [-0.39, 0.29) is 10.8 Å². The molecule has 2 aliphatic carbocycles. The lowest BCUT2D eigenvalue weighted by Crippen LogP contribution is -2.14. The van der Waals surface area contributed by atoms with Crippen molar-refractivity contribution >= 4 is 78.2 Å². The maximum Gasteiger partial charge on any atom is 0.109 e. The minimum atomic E-state index is -0.145. The monoisotopic (exact) mass is 890 g/mol. The highest BCUT2D eigenvalue weighted by atomic mass is 35.5. The molecule has 0 N–H and O–H groups in total. The average molecular weight is 892 g/mol. The number of nitrogens with zero attached hydrogens (tertiary/aromatic N) is 2. The summed E-state index contributed by atoms with van der Waals surface area (Å²) in [4.78, 5) is 14.0. The zero-order valence-corrected chi connectivity index (χ0v) is 38.6. The van der Waals surface area contributed by atoms with Gasteiger partial charge in [0, 0.05) is 42.8 Å². The normalized spacial score (nSPS) is 14.2. The van der Waals surface area contributed by atoms with Crippen molar-refractivity contribution in [3.8, 4) is 65.4 Å². The van der Waals surface area contributed by atoms with Gasteiger partial charge in [-0.1, -0.05) is 184 Å². The van der Waals surface area contributed by atoms with E-state index in [2.05, 4.69) is 173 Å². The third kappa shape index (κ3) is 5.59. The zero-order chi connectivity index (χ0) is 43.9. The third-order valence-electron chi connectivity index (χ3n) is 14.4. The van der Waals surface area contributed by atoms with Gasteiger partial charge in [0.1, 0.15) is 11.0 Å². The van der Waals surface area contributed by atoms with Gasteiger partial charge in [-0.2, -0.15) is 0 Å². The van der Waals surface area contributed by atoms with Crippen LogP contribution < -0.4 is 0 Å². The lowest BCUT2D eigenvalue weighted by atomic mass is 9.82. The van der Waals surface area contributed by atoms with Crippen LogP contribution in [0.25, 0.3) is 109 Å². The lowest BCUT2D eigenvalue weighted by molar-refractivity contribution is 0.660. The van der Waals surface area contributed by atoms with Gasteiger partial charge in [-0.05, 0) is 114 Å². The fourth-order valence-corrected chi connectivity index (χ4v) is 12.7. The summed E-state index contributed by atoms with van der Waals surface area (Å²) in [5, 5.41) is 5.80. The van der Waals surface area contributed by atoms with Crippen LogP contribution in [-0.4, -0.2) is 9.97 Å². The fourth-order valence-electron chi connectivity index (χ4n) is 11.2. The Balaban J connectivity index is 1.16. The van der Waals surface area contributed by atoms with Crippen LogP contribution in [0.3, 0.4) is 0 Å². The first-order chi connectivity index (χ1) is 31.6. The van der Waals surface area contributed by atoms with Crippen LogP contribution >= 0.6 is 34.5 Å². The first-order valence-electron chi connectivity index (χ1n) is 22.2. The van der Waals surface area contributed by atoms with Crippen LogP contribution in [0.4, 0.5) is 0 Å². The molecule has 0 amide bonds. The standard InChI is InChI=1S/C60H40Cl2N2S/c1-59(2)47-15-7-5-11-41(47)51-43(13-9-17-49(51)59)57-55-56(58(65-57)44-14-10-18-50-52(44)42-12-6-8-16-48(42)60(50,3)4)64-54-40-30-24-36(34-21-27-38(62)28-22-34)32-46(40)45-31-35(23-29-39(45)53(54)63-55)33-19-25-37(61)26-20-33/h5-32H,1-4H3. The van der Waals surface area contributed by atoms with E-state index in [1.54, 1.807) is 0 Å². The van der Waals surface area contributed by atoms with Gasteiger partial charge >= 0.3 is 0 Å². The smallest absolute Gasteiger partial charge is 0.109 e. The maximum absolute atomic E-state index is 6.38. The average Bonchev–Trinajstić information content (AvgIpc) is 3.91. The summed E-state index contributed by atoms with van der Waals surface area (Å²) in [6, 6.07) is 61.3. The SMILES string of the molecule is CC1(C)c2ccccc2-c2c(-c3sc(-c4cccc5c4-c4ccccc4C5(C)C)c4nc5c6ccc(-c7ccc(Cl)cc7)cc6c6cc(-c7ccc(Cl)cc7)ccc6c5nc34)cccc21. The molecule has 13 rings (SSSR count). The molecule has 0 spiro atoms. The molecular formula is C60H40Cl2N2S. The van der Waals surface area contributed by atoms with Crippen LogP contribution in [0.15, 0.2) is 170 Å². The number of hydrogen-bond acceptors (Lipinski definition) is 3. The van der Waals surface area contributed by atoms with Crippen molar-refractivity contribution in [2.24, 2.45) is 0 Å². The molecule has 65 heavy (non-hydrogen) atoms.